The lowest BCUT2D eigenvalue weighted by atomic mass is 10.0. The van der Waals surface area contributed by atoms with E-state index in [2.05, 4.69) is 56.1 Å². The largest absolute Gasteiger partial charge is 0.507 e. The highest BCUT2D eigenvalue weighted by Crippen LogP contribution is 2.26. The van der Waals surface area contributed by atoms with Gasteiger partial charge >= 0.3 is 0 Å². The zero-order chi connectivity index (χ0) is 14.9. The molecular formula is C18H23NO. The van der Waals surface area contributed by atoms with Crippen molar-refractivity contribution in [3.63, 3.8) is 0 Å². The number of aryl methyl sites for hydroxylation is 4. The molecule has 2 rings (SSSR count). The number of phenols is 1. The van der Waals surface area contributed by atoms with Crippen molar-refractivity contribution >= 4 is 5.69 Å². The second kappa shape index (κ2) is 5.58. The fraction of sp³-hybridized carbons (Fsp3) is 0.333. The lowest BCUT2D eigenvalue weighted by Crippen LogP contribution is -2.17. The molecule has 106 valence electrons. The third kappa shape index (κ3) is 2.96. The molecule has 0 unspecified atom stereocenters. The molecule has 0 fully saturated rings. The van der Waals surface area contributed by atoms with Crippen molar-refractivity contribution in [2.75, 3.05) is 11.9 Å². The molecule has 0 heterocycles. The molecule has 0 saturated heterocycles. The average molecular weight is 269 g/mol. The molecule has 2 heteroatoms. The number of anilines is 1. The SMILES string of the molecule is Cc1ccc(N(C)Cc2cc(C)c(O)c(C)c2)c(C)c1. The van der Waals surface area contributed by atoms with E-state index in [-0.39, 0.29) is 0 Å². The van der Waals surface area contributed by atoms with E-state index < -0.39 is 0 Å². The Kier molecular flexibility index (Phi) is 4.03. The maximum atomic E-state index is 9.84. The molecule has 2 aromatic carbocycles. The summed E-state index contributed by atoms with van der Waals surface area (Å²) in [6, 6.07) is 10.6. The summed E-state index contributed by atoms with van der Waals surface area (Å²) >= 11 is 0. The minimum Gasteiger partial charge on any atom is -0.507 e. The topological polar surface area (TPSA) is 23.5 Å². The Hall–Kier alpha value is -1.96. The van der Waals surface area contributed by atoms with Crippen LogP contribution in [0, 0.1) is 27.7 Å². The number of rotatable bonds is 3. The van der Waals surface area contributed by atoms with Gasteiger partial charge in [-0.15, -0.1) is 0 Å². The van der Waals surface area contributed by atoms with Crippen molar-refractivity contribution in [3.05, 3.63) is 58.1 Å². The van der Waals surface area contributed by atoms with E-state index in [4.69, 9.17) is 0 Å². The molecule has 0 aromatic heterocycles. The molecule has 2 nitrogen and oxygen atoms in total. The molecule has 0 aliphatic carbocycles. The molecule has 2 aromatic rings. The molecule has 1 N–H and O–H groups in total. The number of hydrogen-bond donors (Lipinski definition) is 1. The Bertz CT molecular complexity index is 608. The van der Waals surface area contributed by atoms with Crippen molar-refractivity contribution in [2.45, 2.75) is 34.2 Å². The van der Waals surface area contributed by atoms with Gasteiger partial charge in [0.1, 0.15) is 5.75 Å². The molecule has 0 spiro atoms. The van der Waals surface area contributed by atoms with Crippen LogP contribution in [-0.2, 0) is 6.54 Å². The highest BCUT2D eigenvalue weighted by Gasteiger charge is 2.08. The fourth-order valence-corrected chi connectivity index (χ4v) is 2.73. The first-order chi connectivity index (χ1) is 9.38. The quantitative estimate of drug-likeness (QED) is 0.899. The summed E-state index contributed by atoms with van der Waals surface area (Å²) in [5, 5.41) is 9.84. The summed E-state index contributed by atoms with van der Waals surface area (Å²) in [5.74, 6) is 0.405. The second-order valence-corrected chi connectivity index (χ2v) is 5.72. The van der Waals surface area contributed by atoms with E-state index in [0.29, 0.717) is 5.75 Å². The van der Waals surface area contributed by atoms with Gasteiger partial charge in [0, 0.05) is 19.3 Å². The predicted molar refractivity (Wildman–Crippen MR) is 85.6 cm³/mol. The monoisotopic (exact) mass is 269 g/mol. The van der Waals surface area contributed by atoms with Crippen molar-refractivity contribution < 1.29 is 5.11 Å². The van der Waals surface area contributed by atoms with Gasteiger partial charge in [0.2, 0.25) is 0 Å². The molecular weight excluding hydrogens is 246 g/mol. The van der Waals surface area contributed by atoms with Gasteiger partial charge < -0.3 is 10.0 Å². The summed E-state index contributed by atoms with van der Waals surface area (Å²) in [6.45, 7) is 8.99. The Morgan fingerprint density at radius 2 is 1.50 bits per heavy atom. The van der Waals surface area contributed by atoms with Crippen molar-refractivity contribution in [1.82, 2.24) is 0 Å². The van der Waals surface area contributed by atoms with Crippen LogP contribution in [0.15, 0.2) is 30.3 Å². The van der Waals surface area contributed by atoms with E-state index in [9.17, 15) is 5.11 Å². The Morgan fingerprint density at radius 3 is 2.05 bits per heavy atom. The number of nitrogens with zero attached hydrogens (tertiary/aromatic N) is 1. The fourth-order valence-electron chi connectivity index (χ4n) is 2.73. The van der Waals surface area contributed by atoms with E-state index in [0.717, 1.165) is 17.7 Å². The minimum absolute atomic E-state index is 0.405. The summed E-state index contributed by atoms with van der Waals surface area (Å²) in [7, 11) is 2.11. The van der Waals surface area contributed by atoms with E-state index in [1.165, 1.54) is 22.4 Å². The molecule has 0 aliphatic rings. The van der Waals surface area contributed by atoms with Crippen molar-refractivity contribution in [1.29, 1.82) is 0 Å². The number of aromatic hydroxyl groups is 1. The highest BCUT2D eigenvalue weighted by atomic mass is 16.3. The van der Waals surface area contributed by atoms with Gasteiger partial charge in [-0.3, -0.25) is 0 Å². The molecule has 0 saturated carbocycles. The van der Waals surface area contributed by atoms with Gasteiger partial charge in [-0.25, -0.2) is 0 Å². The van der Waals surface area contributed by atoms with Gasteiger partial charge in [-0.1, -0.05) is 29.8 Å². The van der Waals surface area contributed by atoms with Crippen LogP contribution in [0.2, 0.25) is 0 Å². The number of benzene rings is 2. The van der Waals surface area contributed by atoms with Crippen LogP contribution in [0.3, 0.4) is 0 Å². The summed E-state index contributed by atoms with van der Waals surface area (Å²) in [6.07, 6.45) is 0. The molecule has 0 atom stereocenters. The van der Waals surface area contributed by atoms with Crippen molar-refractivity contribution in [2.24, 2.45) is 0 Å². The molecule has 20 heavy (non-hydrogen) atoms. The average Bonchev–Trinajstić information content (AvgIpc) is 2.35. The third-order valence-corrected chi connectivity index (χ3v) is 3.73. The van der Waals surface area contributed by atoms with Gasteiger partial charge in [0.05, 0.1) is 0 Å². The highest BCUT2D eigenvalue weighted by molar-refractivity contribution is 5.54. The van der Waals surface area contributed by atoms with Crippen LogP contribution in [0.5, 0.6) is 5.75 Å². The first-order valence-electron chi connectivity index (χ1n) is 6.96. The van der Waals surface area contributed by atoms with Crippen LogP contribution >= 0.6 is 0 Å². The standard InChI is InChI=1S/C18H23NO/c1-12-6-7-17(13(2)8-12)19(5)11-16-9-14(3)18(20)15(4)10-16/h6-10,20H,11H2,1-5H3. The van der Waals surface area contributed by atoms with Crippen LogP contribution in [-0.4, -0.2) is 12.2 Å². The Morgan fingerprint density at radius 1 is 0.900 bits per heavy atom. The summed E-state index contributed by atoms with van der Waals surface area (Å²) in [4.78, 5) is 2.25. The van der Waals surface area contributed by atoms with E-state index in [1.54, 1.807) is 0 Å². The first-order valence-corrected chi connectivity index (χ1v) is 6.96. The van der Waals surface area contributed by atoms with Crippen LogP contribution in [0.4, 0.5) is 5.69 Å². The molecule has 0 bridgehead atoms. The predicted octanol–water partition coefficient (Wildman–Crippen LogP) is 4.26. The summed E-state index contributed by atoms with van der Waals surface area (Å²) < 4.78 is 0. The second-order valence-electron chi connectivity index (χ2n) is 5.72. The van der Waals surface area contributed by atoms with Crippen LogP contribution in [0.1, 0.15) is 27.8 Å². The van der Waals surface area contributed by atoms with E-state index in [1.807, 2.05) is 13.8 Å². The third-order valence-electron chi connectivity index (χ3n) is 3.73. The maximum Gasteiger partial charge on any atom is 0.121 e. The van der Waals surface area contributed by atoms with Gasteiger partial charge in [-0.2, -0.15) is 0 Å². The molecule has 0 radical (unpaired) electrons. The van der Waals surface area contributed by atoms with Gasteiger partial charge in [0.25, 0.3) is 0 Å². The van der Waals surface area contributed by atoms with E-state index >= 15 is 0 Å². The zero-order valence-corrected chi connectivity index (χ0v) is 13.0. The molecule has 0 aliphatic heterocycles. The normalized spacial score (nSPS) is 10.7. The molecule has 0 amide bonds. The van der Waals surface area contributed by atoms with Crippen molar-refractivity contribution in [3.8, 4) is 5.75 Å². The van der Waals surface area contributed by atoms with Gasteiger partial charge in [-0.05, 0) is 56.0 Å². The maximum absolute atomic E-state index is 9.84. The summed E-state index contributed by atoms with van der Waals surface area (Å²) in [5.41, 5.74) is 6.93. The lowest BCUT2D eigenvalue weighted by Gasteiger charge is -2.22. The number of phenolic OH excluding ortho intramolecular Hbond substituents is 1. The van der Waals surface area contributed by atoms with Gasteiger partial charge in [0.15, 0.2) is 0 Å². The Balaban J connectivity index is 2.25. The first kappa shape index (κ1) is 14.4. The number of hydrogen-bond acceptors (Lipinski definition) is 2. The zero-order valence-electron chi connectivity index (χ0n) is 13.0. The minimum atomic E-state index is 0.405. The van der Waals surface area contributed by atoms with Crippen LogP contribution < -0.4 is 4.90 Å². The lowest BCUT2D eigenvalue weighted by molar-refractivity contribution is 0.466. The Labute approximate surface area is 121 Å². The van der Waals surface area contributed by atoms with Crippen LogP contribution in [0.25, 0.3) is 0 Å². The smallest absolute Gasteiger partial charge is 0.121 e.